The van der Waals surface area contributed by atoms with Crippen LogP contribution in [-0.4, -0.2) is 26.3 Å². The Balaban J connectivity index is 2.12. The van der Waals surface area contributed by atoms with Crippen molar-refractivity contribution in [1.82, 2.24) is 5.06 Å². The summed E-state index contributed by atoms with van der Waals surface area (Å²) >= 11 is 2.63. The largest absolute Gasteiger partial charge is 0.338 e. The molecule has 0 aromatic carbocycles. The highest BCUT2D eigenvalue weighted by Gasteiger charge is 2.44. The standard InChI is InChI=1S/C10H18INO/c1-6-3-9-5-8(10(6)11)4-7(2)12(9)13/h6-10,13H,3-5H2,1-2H3/p+1. The lowest BCUT2D eigenvalue weighted by Crippen LogP contribution is -2.52. The number of alkyl halides is 1. The Morgan fingerprint density at radius 1 is 1.23 bits per heavy atom. The normalized spacial score (nSPS) is 52.2. The van der Waals surface area contributed by atoms with Gasteiger partial charge in [0.2, 0.25) is 0 Å². The van der Waals surface area contributed by atoms with E-state index < -0.39 is 0 Å². The summed E-state index contributed by atoms with van der Waals surface area (Å²) in [6.45, 7) is 4.55. The molecule has 2 fully saturated rings. The Bertz CT molecular complexity index is 175. The van der Waals surface area contributed by atoms with Gasteiger partial charge in [-0.05, 0) is 38.0 Å². The second-order valence-corrected chi connectivity index (χ2v) is 6.24. The number of piperidine rings is 1. The highest BCUT2D eigenvalue weighted by atomic mass is 127. The van der Waals surface area contributed by atoms with Crippen molar-refractivity contribution in [2.24, 2.45) is 11.8 Å². The monoisotopic (exact) mass is 296 g/mol. The minimum atomic E-state index is 0.480. The Labute approximate surface area is 93.8 Å². The quantitative estimate of drug-likeness (QED) is 0.381. The Morgan fingerprint density at radius 2 is 1.92 bits per heavy atom. The molecular formula is C10H19INO+. The molecule has 0 aromatic rings. The van der Waals surface area contributed by atoms with Crippen LogP contribution in [0.15, 0.2) is 0 Å². The maximum absolute atomic E-state index is 7.95. The zero-order valence-corrected chi connectivity index (χ0v) is 10.5. The fourth-order valence-corrected chi connectivity index (χ4v) is 3.85. The van der Waals surface area contributed by atoms with Gasteiger partial charge in [0.15, 0.2) is 0 Å². The van der Waals surface area contributed by atoms with Crippen molar-refractivity contribution in [3.05, 3.63) is 0 Å². The predicted octanol–water partition coefficient (Wildman–Crippen LogP) is 1.94. The smallest absolute Gasteiger partial charge is 0.0785 e. The molecule has 1 saturated heterocycles. The van der Waals surface area contributed by atoms with Crippen molar-refractivity contribution >= 4 is 22.6 Å². The number of rotatable bonds is 0. The van der Waals surface area contributed by atoms with Gasteiger partial charge in [0.05, 0.1) is 12.1 Å². The van der Waals surface area contributed by atoms with E-state index >= 15 is 0 Å². The summed E-state index contributed by atoms with van der Waals surface area (Å²) in [5.41, 5.74) is 0. The fourth-order valence-electron chi connectivity index (χ4n) is 2.96. The van der Waals surface area contributed by atoms with Crippen molar-refractivity contribution in [2.45, 2.75) is 49.1 Å². The first-order valence-electron chi connectivity index (χ1n) is 5.23. The van der Waals surface area contributed by atoms with E-state index in [1.807, 2.05) is 5.06 Å². The molecule has 5 atom stereocenters. The molecule has 5 unspecified atom stereocenters. The third-order valence-corrected chi connectivity index (χ3v) is 5.97. The van der Waals surface area contributed by atoms with E-state index in [4.69, 9.17) is 5.21 Å². The average molecular weight is 296 g/mol. The van der Waals surface area contributed by atoms with Gasteiger partial charge in [-0.3, -0.25) is 0 Å². The van der Waals surface area contributed by atoms with Crippen molar-refractivity contribution in [2.75, 3.05) is 0 Å². The van der Waals surface area contributed by atoms with Crippen LogP contribution < -0.4 is 0 Å². The molecule has 0 aromatic heterocycles. The van der Waals surface area contributed by atoms with Gasteiger partial charge >= 0.3 is 0 Å². The first-order valence-corrected chi connectivity index (χ1v) is 6.47. The molecule has 13 heavy (non-hydrogen) atoms. The molecule has 3 heteroatoms. The number of hydroxylamine groups is 2. The van der Waals surface area contributed by atoms with E-state index in [2.05, 4.69) is 36.4 Å². The molecule has 2 N–H and O–H groups in total. The number of halogens is 1. The molecule has 0 amide bonds. The van der Waals surface area contributed by atoms with Crippen LogP contribution in [0.2, 0.25) is 0 Å². The molecule has 0 radical (unpaired) electrons. The molecule has 1 saturated carbocycles. The Morgan fingerprint density at radius 3 is 2.62 bits per heavy atom. The van der Waals surface area contributed by atoms with E-state index in [0.29, 0.717) is 12.1 Å². The summed E-state index contributed by atoms with van der Waals surface area (Å²) in [6, 6.07) is 1.03. The van der Waals surface area contributed by atoms with E-state index in [0.717, 1.165) is 15.8 Å². The third-order valence-electron chi connectivity index (χ3n) is 3.72. The van der Waals surface area contributed by atoms with Gasteiger partial charge in [0.25, 0.3) is 0 Å². The highest BCUT2D eigenvalue weighted by molar-refractivity contribution is 14.1. The minimum Gasteiger partial charge on any atom is -0.338 e. The first kappa shape index (κ1) is 10.2. The maximum atomic E-state index is 7.95. The molecule has 2 nitrogen and oxygen atoms in total. The van der Waals surface area contributed by atoms with Crippen LogP contribution >= 0.6 is 22.6 Å². The van der Waals surface area contributed by atoms with Crippen molar-refractivity contribution in [3.8, 4) is 0 Å². The fraction of sp³-hybridized carbons (Fsp3) is 1.00. The maximum Gasteiger partial charge on any atom is 0.0785 e. The Kier molecular flexibility index (Phi) is 2.87. The van der Waals surface area contributed by atoms with Crippen LogP contribution in [-0.2, 0) is 0 Å². The van der Waals surface area contributed by atoms with Crippen LogP contribution in [0.3, 0.4) is 0 Å². The van der Waals surface area contributed by atoms with Gasteiger partial charge in [0, 0.05) is 3.92 Å². The van der Waals surface area contributed by atoms with Gasteiger partial charge in [-0.2, -0.15) is 0 Å². The van der Waals surface area contributed by atoms with E-state index in [9.17, 15) is 0 Å². The van der Waals surface area contributed by atoms with Gasteiger partial charge < -0.3 is 5.21 Å². The lowest BCUT2D eigenvalue weighted by Gasteiger charge is -2.45. The summed E-state index contributed by atoms with van der Waals surface area (Å²) in [5, 5.41) is 9.80. The van der Waals surface area contributed by atoms with Gasteiger partial charge in [-0.15, -0.1) is 0 Å². The zero-order valence-electron chi connectivity index (χ0n) is 8.33. The van der Waals surface area contributed by atoms with Gasteiger partial charge in [-0.25, -0.2) is 0 Å². The summed E-state index contributed by atoms with van der Waals surface area (Å²) in [5.74, 6) is 1.69. The van der Waals surface area contributed by atoms with Crippen LogP contribution in [0, 0.1) is 11.8 Å². The molecule has 1 aliphatic heterocycles. The first-order chi connectivity index (χ1) is 6.09. The molecule has 2 rings (SSSR count). The van der Waals surface area contributed by atoms with Crippen LogP contribution in [0.4, 0.5) is 0 Å². The number of fused-ring (bicyclic) bond motifs is 2. The summed E-state index contributed by atoms with van der Waals surface area (Å²) < 4.78 is 0.852. The number of hydrogen-bond donors (Lipinski definition) is 0. The van der Waals surface area contributed by atoms with Gasteiger partial charge in [-0.1, -0.05) is 34.6 Å². The number of hydrogen-bond acceptors (Lipinski definition) is 1. The van der Waals surface area contributed by atoms with E-state index in [1.165, 1.54) is 19.3 Å². The summed E-state index contributed by atoms with van der Waals surface area (Å²) in [7, 11) is 0. The minimum absolute atomic E-state index is 0.480. The highest BCUT2D eigenvalue weighted by Crippen LogP contribution is 2.43. The van der Waals surface area contributed by atoms with Crippen molar-refractivity contribution in [3.63, 3.8) is 0 Å². The molecular weight excluding hydrogens is 277 g/mol. The van der Waals surface area contributed by atoms with Crippen molar-refractivity contribution < 1.29 is 5.21 Å². The van der Waals surface area contributed by atoms with E-state index in [1.54, 1.807) is 0 Å². The molecule has 2 aliphatic rings. The molecule has 2 bridgehead atoms. The Hall–Kier alpha value is 0.650. The van der Waals surface area contributed by atoms with Crippen LogP contribution in [0.25, 0.3) is 0 Å². The second-order valence-electron chi connectivity index (χ2n) is 4.80. The lowest BCUT2D eigenvalue weighted by molar-refractivity contribution is -0.193. The predicted molar refractivity (Wildman–Crippen MR) is 63.0 cm³/mol. The SMILES string of the molecule is CC1CC2CC(CC(C)N2[OH2+])C1I. The topological polar surface area (TPSA) is 26.1 Å². The molecule has 76 valence electrons. The molecule has 0 spiro atoms. The second kappa shape index (κ2) is 3.66. The van der Waals surface area contributed by atoms with E-state index in [-0.39, 0.29) is 0 Å². The number of nitrogens with zero attached hydrogens (tertiary/aromatic N) is 1. The molecule has 1 heterocycles. The third kappa shape index (κ3) is 1.75. The zero-order chi connectivity index (χ0) is 9.59. The van der Waals surface area contributed by atoms with Gasteiger partial charge in [0.1, 0.15) is 0 Å². The average Bonchev–Trinajstić information content (AvgIpc) is 2.09. The van der Waals surface area contributed by atoms with Crippen molar-refractivity contribution in [1.29, 1.82) is 0 Å². The van der Waals surface area contributed by atoms with Crippen LogP contribution in [0.1, 0.15) is 33.1 Å². The summed E-state index contributed by atoms with van der Waals surface area (Å²) in [6.07, 6.45) is 3.74. The lowest BCUT2D eigenvalue weighted by atomic mass is 9.73. The molecule has 1 aliphatic carbocycles. The summed E-state index contributed by atoms with van der Waals surface area (Å²) in [4.78, 5) is 0. The van der Waals surface area contributed by atoms with Crippen LogP contribution in [0.5, 0.6) is 0 Å².